The van der Waals surface area contributed by atoms with Gasteiger partial charge in [0.1, 0.15) is 5.75 Å². The number of rotatable bonds is 3. The average Bonchev–Trinajstić information content (AvgIpc) is 2.71. The van der Waals surface area contributed by atoms with Crippen LogP contribution in [-0.4, -0.2) is 48.1 Å². The minimum Gasteiger partial charge on any atom is -0.508 e. The summed E-state index contributed by atoms with van der Waals surface area (Å²) >= 11 is 0. The van der Waals surface area contributed by atoms with Crippen molar-refractivity contribution in [1.29, 1.82) is 0 Å². The Bertz CT molecular complexity index is 388. The molecule has 3 nitrogen and oxygen atoms in total. The minimum absolute atomic E-state index is 0.340. The molecule has 1 fully saturated rings. The molecule has 0 amide bonds. The molecule has 3 unspecified atom stereocenters. The molecule has 1 aliphatic rings. The summed E-state index contributed by atoms with van der Waals surface area (Å²) in [5.41, 5.74) is 1.28. The highest BCUT2D eigenvalue weighted by atomic mass is 16.3. The quantitative estimate of drug-likeness (QED) is 0.889. The molecule has 3 heteroatoms. The molecule has 2 rings (SSSR count). The van der Waals surface area contributed by atoms with Gasteiger partial charge in [0.2, 0.25) is 0 Å². The van der Waals surface area contributed by atoms with Gasteiger partial charge in [0.15, 0.2) is 0 Å². The maximum Gasteiger partial charge on any atom is 0.115 e. The molecule has 1 N–H and O–H groups in total. The van der Waals surface area contributed by atoms with Crippen molar-refractivity contribution in [3.05, 3.63) is 29.8 Å². The molecule has 1 aromatic rings. The number of likely N-dealkylation sites (N-methyl/N-ethyl adjacent to an activating group) is 1. The molecule has 1 saturated heterocycles. The second-order valence-electron chi connectivity index (χ2n) is 5.73. The molecule has 0 aliphatic carbocycles. The van der Waals surface area contributed by atoms with Crippen LogP contribution in [0.1, 0.15) is 25.5 Å². The Morgan fingerprint density at radius 3 is 2.33 bits per heavy atom. The van der Waals surface area contributed by atoms with E-state index in [0.29, 0.717) is 23.8 Å². The zero-order chi connectivity index (χ0) is 13.3. The Kier molecular flexibility index (Phi) is 3.93. The topological polar surface area (TPSA) is 26.7 Å². The maximum atomic E-state index is 9.34. The molecule has 18 heavy (non-hydrogen) atoms. The maximum absolute atomic E-state index is 9.34. The normalized spacial score (nSPS) is 26.7. The van der Waals surface area contributed by atoms with E-state index in [0.717, 1.165) is 13.1 Å². The van der Waals surface area contributed by atoms with E-state index >= 15 is 0 Å². The second-order valence-corrected chi connectivity index (χ2v) is 5.73. The van der Waals surface area contributed by atoms with Crippen molar-refractivity contribution < 1.29 is 5.11 Å². The molecule has 1 aromatic carbocycles. The molecule has 1 aliphatic heterocycles. The summed E-state index contributed by atoms with van der Waals surface area (Å²) in [5.74, 6) is 1.05. The van der Waals surface area contributed by atoms with E-state index in [4.69, 9.17) is 0 Å². The summed E-state index contributed by atoms with van der Waals surface area (Å²) in [4.78, 5) is 4.86. The number of phenolic OH excluding ortho intramolecular Hbond substituents is 1. The Morgan fingerprint density at radius 2 is 1.83 bits per heavy atom. The van der Waals surface area contributed by atoms with Crippen LogP contribution in [0.15, 0.2) is 24.3 Å². The lowest BCUT2D eigenvalue weighted by Gasteiger charge is -2.26. The third kappa shape index (κ3) is 2.68. The highest BCUT2D eigenvalue weighted by Gasteiger charge is 2.33. The summed E-state index contributed by atoms with van der Waals surface area (Å²) in [6, 6.07) is 8.65. The Balaban J connectivity index is 2.07. The summed E-state index contributed by atoms with van der Waals surface area (Å²) in [6.07, 6.45) is 0. The Morgan fingerprint density at radius 1 is 1.22 bits per heavy atom. The van der Waals surface area contributed by atoms with Gasteiger partial charge >= 0.3 is 0 Å². The third-order valence-electron chi connectivity index (χ3n) is 4.19. The Hall–Kier alpha value is -1.06. The number of hydrogen-bond donors (Lipinski definition) is 1. The largest absolute Gasteiger partial charge is 0.508 e. The van der Waals surface area contributed by atoms with Crippen LogP contribution in [-0.2, 0) is 0 Å². The van der Waals surface area contributed by atoms with Gasteiger partial charge in [-0.1, -0.05) is 19.1 Å². The van der Waals surface area contributed by atoms with Gasteiger partial charge in [0, 0.05) is 25.2 Å². The first-order valence-corrected chi connectivity index (χ1v) is 6.68. The number of hydrogen-bond acceptors (Lipinski definition) is 3. The van der Waals surface area contributed by atoms with Gasteiger partial charge in [-0.25, -0.2) is 0 Å². The van der Waals surface area contributed by atoms with Crippen molar-refractivity contribution in [2.75, 3.05) is 27.2 Å². The number of likely N-dealkylation sites (tertiary alicyclic amines) is 1. The zero-order valence-corrected chi connectivity index (χ0v) is 11.8. The van der Waals surface area contributed by atoms with Crippen LogP contribution < -0.4 is 0 Å². The van der Waals surface area contributed by atoms with Crippen molar-refractivity contribution in [2.24, 2.45) is 5.92 Å². The molecule has 3 atom stereocenters. The van der Waals surface area contributed by atoms with Gasteiger partial charge in [-0.05, 0) is 44.6 Å². The van der Waals surface area contributed by atoms with Crippen LogP contribution in [0.5, 0.6) is 5.75 Å². The fourth-order valence-corrected chi connectivity index (χ4v) is 2.94. The van der Waals surface area contributed by atoms with E-state index in [9.17, 15) is 5.11 Å². The van der Waals surface area contributed by atoms with Gasteiger partial charge in [-0.15, -0.1) is 0 Å². The molecular formula is C15H24N2O. The second kappa shape index (κ2) is 5.29. The van der Waals surface area contributed by atoms with Crippen LogP contribution in [0, 0.1) is 5.92 Å². The first kappa shape index (κ1) is 13.4. The van der Waals surface area contributed by atoms with Crippen LogP contribution >= 0.6 is 0 Å². The highest BCUT2D eigenvalue weighted by Crippen LogP contribution is 2.29. The fourth-order valence-electron chi connectivity index (χ4n) is 2.94. The van der Waals surface area contributed by atoms with Crippen LogP contribution in [0.3, 0.4) is 0 Å². The standard InChI is InChI=1S/C15H24N2O/c1-11-9-17(10-15(11)16(3)4)12(2)13-5-7-14(18)8-6-13/h5-8,11-12,15,18H,9-10H2,1-4H3. The number of aromatic hydroxyl groups is 1. The van der Waals surface area contributed by atoms with Gasteiger partial charge in [0.25, 0.3) is 0 Å². The van der Waals surface area contributed by atoms with E-state index in [1.54, 1.807) is 12.1 Å². The first-order valence-electron chi connectivity index (χ1n) is 6.68. The smallest absolute Gasteiger partial charge is 0.115 e. The minimum atomic E-state index is 0.340. The highest BCUT2D eigenvalue weighted by molar-refractivity contribution is 5.28. The predicted octanol–water partition coefficient (Wildman–Crippen LogP) is 2.34. The lowest BCUT2D eigenvalue weighted by atomic mass is 10.1. The summed E-state index contributed by atoms with van der Waals surface area (Å²) < 4.78 is 0. The fraction of sp³-hybridized carbons (Fsp3) is 0.600. The van der Waals surface area contributed by atoms with Crippen LogP contribution in [0.2, 0.25) is 0 Å². The molecule has 1 heterocycles. The zero-order valence-electron chi connectivity index (χ0n) is 11.8. The first-order chi connectivity index (χ1) is 8.49. The van der Waals surface area contributed by atoms with E-state index in [2.05, 4.69) is 37.7 Å². The monoisotopic (exact) mass is 248 g/mol. The number of benzene rings is 1. The van der Waals surface area contributed by atoms with E-state index in [-0.39, 0.29) is 0 Å². The molecular weight excluding hydrogens is 224 g/mol. The number of nitrogens with zero attached hydrogens (tertiary/aromatic N) is 2. The van der Waals surface area contributed by atoms with E-state index in [1.165, 1.54) is 5.56 Å². The van der Waals surface area contributed by atoms with E-state index < -0.39 is 0 Å². The van der Waals surface area contributed by atoms with Crippen molar-refractivity contribution >= 4 is 0 Å². The summed E-state index contributed by atoms with van der Waals surface area (Å²) in [6.45, 7) is 6.84. The SMILES string of the molecule is CC1CN(C(C)c2ccc(O)cc2)CC1N(C)C. The molecule has 0 radical (unpaired) electrons. The molecule has 0 bridgehead atoms. The summed E-state index contributed by atoms with van der Waals surface area (Å²) in [7, 11) is 4.33. The van der Waals surface area contributed by atoms with Gasteiger partial charge in [-0.3, -0.25) is 4.90 Å². The van der Waals surface area contributed by atoms with E-state index in [1.807, 2.05) is 12.1 Å². The van der Waals surface area contributed by atoms with Gasteiger partial charge in [0.05, 0.1) is 0 Å². The van der Waals surface area contributed by atoms with Gasteiger partial charge < -0.3 is 10.0 Å². The van der Waals surface area contributed by atoms with Crippen molar-refractivity contribution in [1.82, 2.24) is 9.80 Å². The predicted molar refractivity (Wildman–Crippen MR) is 74.7 cm³/mol. The number of phenols is 1. The van der Waals surface area contributed by atoms with Gasteiger partial charge in [-0.2, -0.15) is 0 Å². The molecule has 0 spiro atoms. The van der Waals surface area contributed by atoms with Crippen LogP contribution in [0.25, 0.3) is 0 Å². The van der Waals surface area contributed by atoms with Crippen molar-refractivity contribution in [3.8, 4) is 5.75 Å². The lowest BCUT2D eigenvalue weighted by Crippen LogP contribution is -2.34. The summed E-state index contributed by atoms with van der Waals surface area (Å²) in [5, 5.41) is 9.34. The molecule has 0 aromatic heterocycles. The average molecular weight is 248 g/mol. The van der Waals surface area contributed by atoms with Crippen molar-refractivity contribution in [2.45, 2.75) is 25.9 Å². The molecule has 100 valence electrons. The van der Waals surface area contributed by atoms with Crippen LogP contribution in [0.4, 0.5) is 0 Å². The molecule has 0 saturated carbocycles. The third-order valence-corrected chi connectivity index (χ3v) is 4.19. The Labute approximate surface area is 110 Å². The van der Waals surface area contributed by atoms with Crippen molar-refractivity contribution in [3.63, 3.8) is 0 Å². The lowest BCUT2D eigenvalue weighted by molar-refractivity contribution is 0.226.